The predicted octanol–water partition coefficient (Wildman–Crippen LogP) is 2.87. The smallest absolute Gasteiger partial charge is 0.232 e. The van der Waals surface area contributed by atoms with E-state index in [1.165, 1.54) is 12.4 Å². The quantitative estimate of drug-likeness (QED) is 0.301. The van der Waals surface area contributed by atoms with Crippen molar-refractivity contribution in [2.75, 3.05) is 35.7 Å². The van der Waals surface area contributed by atoms with E-state index in [0.29, 0.717) is 41.9 Å². The molecule has 0 aliphatic carbocycles. The molecule has 1 aromatic heterocycles. The molecule has 0 saturated carbocycles. The first-order valence-corrected chi connectivity index (χ1v) is 12.4. The van der Waals surface area contributed by atoms with Gasteiger partial charge in [-0.25, -0.2) is 23.0 Å². The van der Waals surface area contributed by atoms with Crippen LogP contribution in [0, 0.1) is 11.6 Å². The van der Waals surface area contributed by atoms with Gasteiger partial charge in [-0.05, 0) is 45.5 Å². The van der Waals surface area contributed by atoms with Crippen LogP contribution in [0.5, 0.6) is 5.75 Å². The molecule has 0 fully saturated rings. The Morgan fingerprint density at radius 1 is 1.29 bits per heavy atom. The lowest BCUT2D eigenvalue weighted by atomic mass is 10.2. The van der Waals surface area contributed by atoms with Crippen LogP contribution in [0.3, 0.4) is 0 Å². The van der Waals surface area contributed by atoms with Gasteiger partial charge in [0.1, 0.15) is 18.0 Å². The molecule has 0 bridgehead atoms. The zero-order valence-electron chi connectivity index (χ0n) is 19.8. The molecule has 5 N–H and O–H groups in total. The number of ether oxygens (including phenoxy) is 1. The fourth-order valence-electron chi connectivity index (χ4n) is 2.85. The molecule has 0 amide bonds. The predicted molar refractivity (Wildman–Crippen MR) is 130 cm³/mol. The molecule has 0 saturated heterocycles. The lowest BCUT2D eigenvalue weighted by Crippen LogP contribution is -2.30. The minimum absolute atomic E-state index is 0.0653. The lowest BCUT2D eigenvalue weighted by Gasteiger charge is -2.21. The number of anilines is 2. The Bertz CT molecular complexity index is 1110. The molecular formula is C22H32F2N6O3S. The Morgan fingerprint density at radius 2 is 2.00 bits per heavy atom. The number of nitrogens with two attached hydrogens (primary N) is 2. The van der Waals surface area contributed by atoms with Gasteiger partial charge in [-0.15, -0.1) is 0 Å². The van der Waals surface area contributed by atoms with Crippen LogP contribution < -0.4 is 26.0 Å². The van der Waals surface area contributed by atoms with Crippen molar-refractivity contribution >= 4 is 27.1 Å². The first-order valence-electron chi connectivity index (χ1n) is 10.7. The summed E-state index contributed by atoms with van der Waals surface area (Å²) in [6, 6.07) is 3.91. The standard InChI is InChI=1S/C22H32F2N6O3S/c1-5-10-34(31,32)28-20-7-6-18(23)22(21(20)24)30(26)14-19(25)16-11-17(13-27-12-16)33-9-8-29(4)15(2)3/h6-7,11-15,28H,5,8-10,25-26H2,1-4H3/b19-14-. The average Bonchev–Trinajstić information content (AvgIpc) is 2.75. The highest BCUT2D eigenvalue weighted by Gasteiger charge is 2.20. The van der Waals surface area contributed by atoms with Gasteiger partial charge in [-0.1, -0.05) is 6.92 Å². The highest BCUT2D eigenvalue weighted by atomic mass is 32.2. The third-order valence-corrected chi connectivity index (χ3v) is 6.46. The second-order valence-electron chi connectivity index (χ2n) is 8.00. The summed E-state index contributed by atoms with van der Waals surface area (Å²) in [5, 5.41) is 0.656. The van der Waals surface area contributed by atoms with Gasteiger partial charge < -0.3 is 15.4 Å². The molecule has 1 heterocycles. The van der Waals surface area contributed by atoms with Crippen molar-refractivity contribution < 1.29 is 21.9 Å². The van der Waals surface area contributed by atoms with Crippen LogP contribution in [0.2, 0.25) is 0 Å². The third-order valence-electron chi connectivity index (χ3n) is 4.98. The topological polar surface area (TPSA) is 127 Å². The van der Waals surface area contributed by atoms with Crippen molar-refractivity contribution in [2.24, 2.45) is 11.6 Å². The zero-order chi connectivity index (χ0) is 25.5. The van der Waals surface area contributed by atoms with E-state index < -0.39 is 33.0 Å². The van der Waals surface area contributed by atoms with Gasteiger partial charge in [0, 0.05) is 30.5 Å². The van der Waals surface area contributed by atoms with Crippen LogP contribution in [-0.2, 0) is 10.0 Å². The molecule has 0 spiro atoms. The van der Waals surface area contributed by atoms with Crippen LogP contribution >= 0.6 is 0 Å². The molecule has 0 aliphatic heterocycles. The fraction of sp³-hybridized carbons (Fsp3) is 0.409. The number of benzene rings is 1. The molecule has 34 heavy (non-hydrogen) atoms. The van der Waals surface area contributed by atoms with Crippen molar-refractivity contribution in [3.05, 3.63) is 54.0 Å². The normalized spacial score (nSPS) is 12.3. The molecule has 0 unspecified atom stereocenters. The SMILES string of the molecule is CCCS(=O)(=O)Nc1ccc(F)c(N(N)/C=C(\N)c2cncc(OCCN(C)C(C)C)c2)c1F. The Balaban J connectivity index is 2.22. The highest BCUT2D eigenvalue weighted by molar-refractivity contribution is 7.92. The number of aromatic nitrogens is 1. The second-order valence-corrected chi connectivity index (χ2v) is 9.84. The molecule has 0 aliphatic rings. The first-order chi connectivity index (χ1) is 15.9. The fourth-order valence-corrected chi connectivity index (χ4v) is 3.99. The van der Waals surface area contributed by atoms with Gasteiger partial charge in [-0.2, -0.15) is 0 Å². The molecule has 1 aromatic carbocycles. The zero-order valence-corrected chi connectivity index (χ0v) is 20.6. The van der Waals surface area contributed by atoms with E-state index in [2.05, 4.69) is 28.5 Å². The molecule has 0 radical (unpaired) electrons. The van der Waals surface area contributed by atoms with Crippen molar-refractivity contribution in [3.63, 3.8) is 0 Å². The van der Waals surface area contributed by atoms with Gasteiger partial charge in [0.05, 0.1) is 23.3 Å². The number of likely N-dealkylation sites (N-methyl/N-ethyl adjacent to an activating group) is 1. The van der Waals surface area contributed by atoms with Crippen LogP contribution in [-0.4, -0.2) is 50.3 Å². The Kier molecular flexibility index (Phi) is 9.59. The molecular weight excluding hydrogens is 466 g/mol. The highest BCUT2D eigenvalue weighted by Crippen LogP contribution is 2.29. The second kappa shape index (κ2) is 12.0. The van der Waals surface area contributed by atoms with E-state index in [1.54, 1.807) is 13.0 Å². The van der Waals surface area contributed by atoms with E-state index in [9.17, 15) is 17.2 Å². The van der Waals surface area contributed by atoms with Crippen LogP contribution in [0.4, 0.5) is 20.2 Å². The molecule has 2 rings (SSSR count). The summed E-state index contributed by atoms with van der Waals surface area (Å²) in [6.07, 6.45) is 4.42. The van der Waals surface area contributed by atoms with Crippen molar-refractivity contribution in [3.8, 4) is 5.75 Å². The molecule has 12 heteroatoms. The number of halogens is 2. The number of sulfonamides is 1. The van der Waals surface area contributed by atoms with Gasteiger partial charge in [0.15, 0.2) is 11.6 Å². The monoisotopic (exact) mass is 498 g/mol. The minimum atomic E-state index is -3.79. The molecule has 0 atom stereocenters. The van der Waals surface area contributed by atoms with Gasteiger partial charge >= 0.3 is 0 Å². The number of nitrogens with one attached hydrogen (secondary N) is 1. The lowest BCUT2D eigenvalue weighted by molar-refractivity contribution is 0.208. The van der Waals surface area contributed by atoms with E-state index in [1.807, 2.05) is 7.05 Å². The van der Waals surface area contributed by atoms with Crippen molar-refractivity contribution in [1.82, 2.24) is 9.88 Å². The number of nitrogens with zero attached hydrogens (tertiary/aromatic N) is 3. The number of hydrogen-bond donors (Lipinski definition) is 3. The molecule has 188 valence electrons. The Morgan fingerprint density at radius 3 is 2.65 bits per heavy atom. The van der Waals surface area contributed by atoms with Gasteiger partial charge in [0.2, 0.25) is 10.0 Å². The maximum Gasteiger partial charge on any atom is 0.232 e. The van der Waals surface area contributed by atoms with Gasteiger partial charge in [0.25, 0.3) is 0 Å². The summed E-state index contributed by atoms with van der Waals surface area (Å²) in [4.78, 5) is 6.20. The summed E-state index contributed by atoms with van der Waals surface area (Å²) in [7, 11) is -1.80. The maximum atomic E-state index is 14.9. The third kappa shape index (κ3) is 7.54. The number of rotatable bonds is 12. The summed E-state index contributed by atoms with van der Waals surface area (Å²) in [6.45, 7) is 6.96. The Hall–Kier alpha value is -2.96. The van der Waals surface area contributed by atoms with Crippen LogP contribution in [0.1, 0.15) is 32.8 Å². The van der Waals surface area contributed by atoms with Crippen molar-refractivity contribution in [2.45, 2.75) is 33.2 Å². The van der Waals surface area contributed by atoms with E-state index >= 15 is 0 Å². The minimum Gasteiger partial charge on any atom is -0.491 e. The van der Waals surface area contributed by atoms with E-state index in [4.69, 9.17) is 16.3 Å². The summed E-state index contributed by atoms with van der Waals surface area (Å²) in [5.74, 6) is 3.97. The summed E-state index contributed by atoms with van der Waals surface area (Å²) >= 11 is 0. The van der Waals surface area contributed by atoms with Gasteiger partial charge in [-0.3, -0.25) is 14.7 Å². The van der Waals surface area contributed by atoms with Crippen LogP contribution in [0.15, 0.2) is 36.8 Å². The molecule has 9 nitrogen and oxygen atoms in total. The average molecular weight is 499 g/mol. The first kappa shape index (κ1) is 27.3. The van der Waals surface area contributed by atoms with Crippen LogP contribution in [0.25, 0.3) is 5.70 Å². The number of hydrazine groups is 1. The number of pyridine rings is 1. The summed E-state index contributed by atoms with van der Waals surface area (Å²) < 4.78 is 61.1. The Labute approximate surface area is 199 Å². The summed E-state index contributed by atoms with van der Waals surface area (Å²) in [5.41, 5.74) is 5.47. The largest absolute Gasteiger partial charge is 0.491 e. The molecule has 2 aromatic rings. The van der Waals surface area contributed by atoms with E-state index in [-0.39, 0.29) is 11.4 Å². The van der Waals surface area contributed by atoms with Crippen molar-refractivity contribution in [1.29, 1.82) is 0 Å². The number of hydrogen-bond acceptors (Lipinski definition) is 8. The maximum absolute atomic E-state index is 14.9. The van der Waals surface area contributed by atoms with E-state index in [0.717, 1.165) is 18.3 Å².